The van der Waals surface area contributed by atoms with Gasteiger partial charge < -0.3 is 18.8 Å². The van der Waals surface area contributed by atoms with Gasteiger partial charge in [0.25, 0.3) is 5.91 Å². The molecule has 2 aromatic carbocycles. The van der Waals surface area contributed by atoms with Crippen molar-refractivity contribution >= 4 is 23.2 Å². The summed E-state index contributed by atoms with van der Waals surface area (Å²) in [5.74, 6) is 1.17. The average Bonchev–Trinajstić information content (AvgIpc) is 3.20. The fourth-order valence-corrected chi connectivity index (χ4v) is 3.55. The van der Waals surface area contributed by atoms with Crippen LogP contribution >= 0.6 is 11.6 Å². The number of rotatable bonds is 7. The van der Waals surface area contributed by atoms with Crippen molar-refractivity contribution in [1.82, 2.24) is 14.3 Å². The molecule has 0 spiro atoms. The highest BCUT2D eigenvalue weighted by atomic mass is 35.5. The minimum absolute atomic E-state index is 0.125. The van der Waals surface area contributed by atoms with Gasteiger partial charge in [-0.3, -0.25) is 4.79 Å². The highest BCUT2D eigenvalue weighted by Crippen LogP contribution is 2.24. The minimum atomic E-state index is -0.125. The first-order chi connectivity index (χ1) is 15.0. The molecular weight excluding hydrogens is 414 g/mol. The number of imidazole rings is 1. The molecule has 1 amide bonds. The maximum atomic E-state index is 13.0. The molecule has 0 saturated carbocycles. The van der Waals surface area contributed by atoms with Crippen LogP contribution in [0.5, 0.6) is 11.5 Å². The Morgan fingerprint density at radius 2 is 2.00 bits per heavy atom. The van der Waals surface area contributed by atoms with E-state index in [4.69, 9.17) is 21.1 Å². The highest BCUT2D eigenvalue weighted by Gasteiger charge is 2.15. The normalized spacial score (nSPS) is 10.8. The van der Waals surface area contributed by atoms with Crippen LogP contribution in [0.1, 0.15) is 21.6 Å². The summed E-state index contributed by atoms with van der Waals surface area (Å²) in [6, 6.07) is 18.3. The number of hydrogen-bond acceptors (Lipinski definition) is 4. The number of carbonyl (C=O) groups excluding carboxylic acids is 1. The van der Waals surface area contributed by atoms with Crippen molar-refractivity contribution in [2.75, 3.05) is 14.2 Å². The molecule has 0 aliphatic heterocycles. The predicted molar refractivity (Wildman–Crippen MR) is 120 cm³/mol. The molecule has 0 aliphatic carbocycles. The van der Waals surface area contributed by atoms with Gasteiger partial charge in [0.2, 0.25) is 0 Å². The molecule has 0 saturated heterocycles. The molecule has 2 aromatic heterocycles. The van der Waals surface area contributed by atoms with E-state index in [-0.39, 0.29) is 5.91 Å². The van der Waals surface area contributed by atoms with Crippen LogP contribution in [0, 0.1) is 0 Å². The van der Waals surface area contributed by atoms with Gasteiger partial charge in [-0.2, -0.15) is 0 Å². The summed E-state index contributed by atoms with van der Waals surface area (Å²) in [4.78, 5) is 19.1. The van der Waals surface area contributed by atoms with Gasteiger partial charge in [-0.05, 0) is 48.5 Å². The molecule has 31 heavy (non-hydrogen) atoms. The maximum Gasteiger partial charge on any atom is 0.254 e. The van der Waals surface area contributed by atoms with Crippen LogP contribution in [0.25, 0.3) is 5.65 Å². The molecule has 4 aromatic rings. The van der Waals surface area contributed by atoms with Crippen LogP contribution in [-0.2, 0) is 13.2 Å². The fraction of sp³-hybridized carbons (Fsp3) is 0.167. The molecule has 2 heterocycles. The third-order valence-electron chi connectivity index (χ3n) is 4.88. The summed E-state index contributed by atoms with van der Waals surface area (Å²) >= 11 is 6.10. The molecule has 0 radical (unpaired) electrons. The summed E-state index contributed by atoms with van der Waals surface area (Å²) in [5.41, 5.74) is 3.05. The Balaban J connectivity index is 1.44. The van der Waals surface area contributed by atoms with Crippen LogP contribution in [0.3, 0.4) is 0 Å². The highest BCUT2D eigenvalue weighted by molar-refractivity contribution is 6.30. The van der Waals surface area contributed by atoms with Gasteiger partial charge in [-0.15, -0.1) is 0 Å². The van der Waals surface area contributed by atoms with Gasteiger partial charge in [0.1, 0.15) is 23.8 Å². The first-order valence-corrected chi connectivity index (χ1v) is 10.1. The Bertz CT molecular complexity index is 1190. The average molecular weight is 436 g/mol. The summed E-state index contributed by atoms with van der Waals surface area (Å²) in [7, 11) is 3.34. The van der Waals surface area contributed by atoms with Gasteiger partial charge in [-0.1, -0.05) is 23.7 Å². The third-order valence-corrected chi connectivity index (χ3v) is 5.11. The lowest BCUT2D eigenvalue weighted by Crippen LogP contribution is -2.26. The number of pyridine rings is 1. The Kier molecular flexibility index (Phi) is 6.09. The van der Waals surface area contributed by atoms with E-state index in [0.29, 0.717) is 35.2 Å². The van der Waals surface area contributed by atoms with Crippen molar-refractivity contribution < 1.29 is 14.3 Å². The molecule has 0 unspecified atom stereocenters. The van der Waals surface area contributed by atoms with Gasteiger partial charge in [0.05, 0.1) is 12.8 Å². The van der Waals surface area contributed by atoms with Crippen LogP contribution in [0.4, 0.5) is 0 Å². The predicted octanol–water partition coefficient (Wildman–Crippen LogP) is 4.85. The second-order valence-electron chi connectivity index (χ2n) is 7.13. The van der Waals surface area contributed by atoms with Gasteiger partial charge >= 0.3 is 0 Å². The van der Waals surface area contributed by atoms with E-state index in [1.807, 2.05) is 41.1 Å². The number of hydrogen-bond donors (Lipinski definition) is 0. The molecule has 4 rings (SSSR count). The standard InChI is InChI=1S/C24H22ClN3O3/c1-27(14-18-12-19(25)9-10-22(18)30-2)24(29)17-6-5-7-21(13-17)31-16-20-15-28-11-4-3-8-23(28)26-20/h3-13,15H,14,16H2,1-2H3. The van der Waals surface area contributed by atoms with E-state index in [2.05, 4.69) is 4.98 Å². The van der Waals surface area contributed by atoms with Crippen LogP contribution in [0.2, 0.25) is 5.02 Å². The van der Waals surface area contributed by atoms with Crippen molar-refractivity contribution in [2.45, 2.75) is 13.2 Å². The molecule has 0 atom stereocenters. The number of amides is 1. The Hall–Kier alpha value is -3.51. The summed E-state index contributed by atoms with van der Waals surface area (Å²) in [6.07, 6.45) is 3.87. The molecule has 6 nitrogen and oxygen atoms in total. The van der Waals surface area contributed by atoms with Gasteiger partial charge in [0, 0.05) is 42.1 Å². The number of ether oxygens (including phenoxy) is 2. The lowest BCUT2D eigenvalue weighted by Gasteiger charge is -2.19. The van der Waals surface area contributed by atoms with E-state index in [0.717, 1.165) is 16.9 Å². The molecule has 0 bridgehead atoms. The quantitative estimate of drug-likeness (QED) is 0.416. The zero-order valence-corrected chi connectivity index (χ0v) is 18.0. The van der Waals surface area contributed by atoms with Gasteiger partial charge in [-0.25, -0.2) is 4.98 Å². The fourth-order valence-electron chi connectivity index (χ4n) is 3.35. The van der Waals surface area contributed by atoms with Crippen molar-refractivity contribution in [2.24, 2.45) is 0 Å². The first-order valence-electron chi connectivity index (χ1n) is 9.77. The molecule has 7 heteroatoms. The number of aromatic nitrogens is 2. The van der Waals surface area contributed by atoms with E-state index in [1.165, 1.54) is 0 Å². The van der Waals surface area contributed by atoms with Crippen LogP contribution in [-0.4, -0.2) is 34.3 Å². The van der Waals surface area contributed by atoms with E-state index >= 15 is 0 Å². The zero-order valence-electron chi connectivity index (χ0n) is 17.3. The summed E-state index contributed by atoms with van der Waals surface area (Å²) < 4.78 is 13.2. The number of carbonyl (C=O) groups is 1. The second kappa shape index (κ2) is 9.10. The van der Waals surface area contributed by atoms with E-state index in [1.54, 1.807) is 55.5 Å². The number of methoxy groups -OCH3 is 1. The maximum absolute atomic E-state index is 13.0. The van der Waals surface area contributed by atoms with Gasteiger partial charge in [0.15, 0.2) is 0 Å². The summed E-state index contributed by atoms with van der Waals surface area (Å²) in [5, 5.41) is 0.596. The first kappa shape index (κ1) is 20.8. The van der Waals surface area contributed by atoms with Crippen LogP contribution in [0.15, 0.2) is 73.1 Å². The largest absolute Gasteiger partial charge is 0.496 e. The monoisotopic (exact) mass is 435 g/mol. The SMILES string of the molecule is COc1ccc(Cl)cc1CN(C)C(=O)c1cccc(OCc2cn3ccccc3n2)c1. The Labute approximate surface area is 185 Å². The minimum Gasteiger partial charge on any atom is -0.496 e. The van der Waals surface area contributed by atoms with E-state index in [9.17, 15) is 4.79 Å². The molecule has 0 fully saturated rings. The lowest BCUT2D eigenvalue weighted by atomic mass is 10.1. The Morgan fingerprint density at radius 3 is 2.81 bits per heavy atom. The third kappa shape index (κ3) is 4.81. The van der Waals surface area contributed by atoms with Crippen molar-refractivity contribution in [3.05, 3.63) is 94.9 Å². The molecule has 0 N–H and O–H groups in total. The van der Waals surface area contributed by atoms with E-state index < -0.39 is 0 Å². The number of fused-ring (bicyclic) bond motifs is 1. The van der Waals surface area contributed by atoms with Crippen molar-refractivity contribution in [1.29, 1.82) is 0 Å². The van der Waals surface area contributed by atoms with Crippen molar-refractivity contribution in [3.8, 4) is 11.5 Å². The lowest BCUT2D eigenvalue weighted by molar-refractivity contribution is 0.0783. The number of halogens is 1. The second-order valence-corrected chi connectivity index (χ2v) is 7.57. The van der Waals surface area contributed by atoms with Crippen LogP contribution < -0.4 is 9.47 Å². The van der Waals surface area contributed by atoms with Crippen molar-refractivity contribution in [3.63, 3.8) is 0 Å². The molecular formula is C24H22ClN3O3. The number of nitrogens with zero attached hydrogens (tertiary/aromatic N) is 3. The topological polar surface area (TPSA) is 56.1 Å². The summed E-state index contributed by atoms with van der Waals surface area (Å²) in [6.45, 7) is 0.684. The smallest absolute Gasteiger partial charge is 0.254 e. The Morgan fingerprint density at radius 1 is 1.13 bits per heavy atom. The number of benzene rings is 2. The molecule has 0 aliphatic rings. The zero-order chi connectivity index (χ0) is 21.8. The molecule has 158 valence electrons.